The minimum atomic E-state index is -0.717. The summed E-state index contributed by atoms with van der Waals surface area (Å²) in [4.78, 5) is 21.0. The van der Waals surface area contributed by atoms with Gasteiger partial charge in [0.05, 0.1) is 29.6 Å². The number of carbonyl (C=O) groups excluding carboxylic acids is 1. The second-order valence-corrected chi connectivity index (χ2v) is 11.2. The molecule has 212 valence electrons. The van der Waals surface area contributed by atoms with Crippen molar-refractivity contribution in [3.05, 3.63) is 50.6 Å². The fraction of sp³-hybridized carbons (Fsp3) is 0.517. The highest BCUT2D eigenvalue weighted by atomic mass is 127. The number of anilines is 1. The molecule has 4 rings (SSSR count). The molecule has 10 heteroatoms. The summed E-state index contributed by atoms with van der Waals surface area (Å²) in [6, 6.07) is 12.2. The molecular formula is C29H37ClIN3O5. The minimum absolute atomic E-state index is 0.205. The molecule has 0 aliphatic carbocycles. The molecule has 0 unspecified atom stereocenters. The van der Waals surface area contributed by atoms with Crippen LogP contribution in [0.2, 0.25) is 5.02 Å². The molecule has 0 aromatic heterocycles. The molecule has 2 aromatic carbocycles. The summed E-state index contributed by atoms with van der Waals surface area (Å²) < 4.78 is 22.6. The lowest BCUT2D eigenvalue weighted by Gasteiger charge is -2.36. The fourth-order valence-corrected chi connectivity index (χ4v) is 5.28. The molecule has 1 fully saturated rings. The van der Waals surface area contributed by atoms with Crippen LogP contribution in [-0.4, -0.2) is 69.7 Å². The molecule has 2 heterocycles. The van der Waals surface area contributed by atoms with Gasteiger partial charge in [0, 0.05) is 42.2 Å². The lowest BCUT2D eigenvalue weighted by molar-refractivity contribution is -0.00142. The van der Waals surface area contributed by atoms with Gasteiger partial charge in [-0.1, -0.05) is 37.1 Å². The van der Waals surface area contributed by atoms with E-state index in [1.165, 1.54) is 0 Å². The highest BCUT2D eigenvalue weighted by Crippen LogP contribution is 2.32. The SMILES string of the molecule is CCCCOC(=O)OCOC1=Nc2cc(OCCCCN3CCN(c4cccc(I)c4Cl)CC3)ccc2CC1. The molecule has 0 radical (unpaired) electrons. The number of ether oxygens (including phenoxy) is 4. The van der Waals surface area contributed by atoms with Crippen molar-refractivity contribution in [1.82, 2.24) is 4.90 Å². The molecule has 0 spiro atoms. The van der Waals surface area contributed by atoms with E-state index < -0.39 is 6.16 Å². The fourth-order valence-electron chi connectivity index (χ4n) is 4.55. The normalized spacial score (nSPS) is 15.4. The average Bonchev–Trinajstić information content (AvgIpc) is 2.95. The molecule has 0 atom stereocenters. The Labute approximate surface area is 249 Å². The van der Waals surface area contributed by atoms with Crippen molar-refractivity contribution in [2.75, 3.05) is 57.6 Å². The van der Waals surface area contributed by atoms with Gasteiger partial charge >= 0.3 is 6.16 Å². The van der Waals surface area contributed by atoms with Gasteiger partial charge in [0.25, 0.3) is 0 Å². The zero-order valence-corrected chi connectivity index (χ0v) is 25.4. The van der Waals surface area contributed by atoms with Crippen LogP contribution in [0.4, 0.5) is 16.2 Å². The van der Waals surface area contributed by atoms with Crippen molar-refractivity contribution in [3.63, 3.8) is 0 Å². The van der Waals surface area contributed by atoms with Gasteiger partial charge in [-0.3, -0.25) is 4.90 Å². The third kappa shape index (κ3) is 9.14. The summed E-state index contributed by atoms with van der Waals surface area (Å²) in [7, 11) is 0. The molecular weight excluding hydrogens is 633 g/mol. The lowest BCUT2D eigenvalue weighted by Crippen LogP contribution is -2.46. The quantitative estimate of drug-likeness (QED) is 0.106. The Morgan fingerprint density at radius 3 is 2.67 bits per heavy atom. The van der Waals surface area contributed by atoms with Crippen LogP contribution in [0.25, 0.3) is 0 Å². The minimum Gasteiger partial charge on any atom is -0.494 e. The lowest BCUT2D eigenvalue weighted by atomic mass is 10.0. The van der Waals surface area contributed by atoms with Gasteiger partial charge in [-0.15, -0.1) is 0 Å². The van der Waals surface area contributed by atoms with E-state index in [0.717, 1.165) is 96.1 Å². The van der Waals surface area contributed by atoms with E-state index >= 15 is 0 Å². The van der Waals surface area contributed by atoms with Crippen LogP contribution in [0, 0.1) is 3.57 Å². The monoisotopic (exact) mass is 669 g/mol. The summed E-state index contributed by atoms with van der Waals surface area (Å²) >= 11 is 8.81. The standard InChI is InChI=1S/C29H37ClIN3O5/c1-2-3-18-37-29(35)39-21-38-27-12-10-22-9-11-23(20-25(22)32-27)36-19-5-4-13-33-14-16-34(17-15-33)26-8-6-7-24(31)28(26)30/h6-9,11,20H,2-5,10,12-19,21H2,1H3. The van der Waals surface area contributed by atoms with Crippen LogP contribution < -0.4 is 9.64 Å². The number of fused-ring (bicyclic) bond motifs is 1. The van der Waals surface area contributed by atoms with Gasteiger partial charge in [0.2, 0.25) is 6.79 Å². The van der Waals surface area contributed by atoms with Crippen molar-refractivity contribution in [1.29, 1.82) is 0 Å². The largest absolute Gasteiger partial charge is 0.511 e. The molecule has 39 heavy (non-hydrogen) atoms. The molecule has 0 amide bonds. The zero-order valence-electron chi connectivity index (χ0n) is 22.5. The van der Waals surface area contributed by atoms with Gasteiger partial charge in [-0.05, 0) is 78.6 Å². The number of nitrogens with zero attached hydrogens (tertiary/aromatic N) is 3. The number of unbranched alkanes of at least 4 members (excludes halogenated alkanes) is 2. The first-order chi connectivity index (χ1) is 19.0. The molecule has 0 N–H and O–H groups in total. The molecule has 2 aliphatic heterocycles. The number of halogens is 2. The predicted octanol–water partition coefficient (Wildman–Crippen LogP) is 6.83. The Hall–Kier alpha value is -2.24. The Kier molecular flexibility index (Phi) is 11.8. The first-order valence-electron chi connectivity index (χ1n) is 13.7. The van der Waals surface area contributed by atoms with Crippen LogP contribution >= 0.6 is 34.2 Å². The van der Waals surface area contributed by atoms with E-state index in [0.29, 0.717) is 25.5 Å². The molecule has 0 saturated carbocycles. The van der Waals surface area contributed by atoms with E-state index in [2.05, 4.69) is 55.6 Å². The molecule has 1 saturated heterocycles. The van der Waals surface area contributed by atoms with Gasteiger partial charge in [0.15, 0.2) is 5.90 Å². The molecule has 8 nitrogen and oxygen atoms in total. The Bertz CT molecular complexity index is 1120. The van der Waals surface area contributed by atoms with E-state index in [4.69, 9.17) is 30.5 Å². The number of aryl methyl sites for hydroxylation is 1. The Morgan fingerprint density at radius 2 is 1.85 bits per heavy atom. The summed E-state index contributed by atoms with van der Waals surface area (Å²) in [5, 5.41) is 0.856. The second kappa shape index (κ2) is 15.5. The maximum Gasteiger partial charge on any atom is 0.511 e. The van der Waals surface area contributed by atoms with E-state index in [9.17, 15) is 4.79 Å². The van der Waals surface area contributed by atoms with Gasteiger partial charge < -0.3 is 23.8 Å². The summed E-state index contributed by atoms with van der Waals surface area (Å²) in [6.45, 7) is 7.98. The van der Waals surface area contributed by atoms with Gasteiger partial charge in [-0.25, -0.2) is 9.79 Å². The molecule has 2 aliphatic rings. The van der Waals surface area contributed by atoms with Crippen LogP contribution in [0.5, 0.6) is 5.75 Å². The van der Waals surface area contributed by atoms with Crippen LogP contribution in [0.15, 0.2) is 41.4 Å². The highest BCUT2D eigenvalue weighted by Gasteiger charge is 2.19. The van der Waals surface area contributed by atoms with Crippen molar-refractivity contribution >= 4 is 57.6 Å². The van der Waals surface area contributed by atoms with Crippen molar-refractivity contribution < 1.29 is 23.7 Å². The average molecular weight is 670 g/mol. The molecule has 2 aromatic rings. The van der Waals surface area contributed by atoms with Crippen LogP contribution in [0.3, 0.4) is 0 Å². The Morgan fingerprint density at radius 1 is 1.00 bits per heavy atom. The molecule has 0 bridgehead atoms. The zero-order chi connectivity index (χ0) is 27.5. The van der Waals surface area contributed by atoms with E-state index in [1.807, 2.05) is 25.1 Å². The third-order valence-corrected chi connectivity index (χ3v) is 8.43. The predicted molar refractivity (Wildman–Crippen MR) is 163 cm³/mol. The highest BCUT2D eigenvalue weighted by molar-refractivity contribution is 14.1. The summed E-state index contributed by atoms with van der Waals surface area (Å²) in [5.74, 6) is 1.35. The van der Waals surface area contributed by atoms with Crippen molar-refractivity contribution in [2.45, 2.75) is 45.4 Å². The first-order valence-corrected chi connectivity index (χ1v) is 15.2. The second-order valence-electron chi connectivity index (χ2n) is 9.61. The smallest absolute Gasteiger partial charge is 0.494 e. The number of aliphatic imine (C=N–C) groups is 1. The van der Waals surface area contributed by atoms with Crippen molar-refractivity contribution in [2.24, 2.45) is 4.99 Å². The topological polar surface area (TPSA) is 72.8 Å². The van der Waals surface area contributed by atoms with E-state index in [1.54, 1.807) is 0 Å². The maximum atomic E-state index is 11.5. The number of carbonyl (C=O) groups is 1. The summed E-state index contributed by atoms with van der Waals surface area (Å²) in [5.41, 5.74) is 3.13. The Balaban J connectivity index is 1.13. The number of rotatable bonds is 12. The van der Waals surface area contributed by atoms with E-state index in [-0.39, 0.29) is 6.79 Å². The maximum absolute atomic E-state index is 11.5. The summed E-state index contributed by atoms with van der Waals surface area (Å²) in [6.07, 6.45) is 4.60. The van der Waals surface area contributed by atoms with Gasteiger partial charge in [-0.2, -0.15) is 0 Å². The van der Waals surface area contributed by atoms with Crippen LogP contribution in [0.1, 0.15) is 44.6 Å². The van der Waals surface area contributed by atoms with Crippen molar-refractivity contribution in [3.8, 4) is 5.75 Å². The first kappa shape index (κ1) is 29.7. The number of hydrogen-bond donors (Lipinski definition) is 0. The third-order valence-electron chi connectivity index (χ3n) is 6.81. The number of benzene rings is 2. The van der Waals surface area contributed by atoms with Crippen LogP contribution in [-0.2, 0) is 20.6 Å². The number of piperazine rings is 1. The number of hydrogen-bond acceptors (Lipinski definition) is 8. The van der Waals surface area contributed by atoms with Gasteiger partial charge in [0.1, 0.15) is 5.75 Å².